The minimum absolute atomic E-state index is 0.0640. The molecule has 0 aliphatic carbocycles. The van der Waals surface area contributed by atoms with Crippen LogP contribution in [0.25, 0.3) is 0 Å². The van der Waals surface area contributed by atoms with Crippen LogP contribution in [-0.4, -0.2) is 16.0 Å². The van der Waals surface area contributed by atoms with Crippen LogP contribution in [-0.2, 0) is 4.79 Å². The van der Waals surface area contributed by atoms with Crippen molar-refractivity contribution in [2.24, 2.45) is 4.99 Å². The molecule has 6 nitrogen and oxygen atoms in total. The lowest BCUT2D eigenvalue weighted by atomic mass is 10.4. The van der Waals surface area contributed by atoms with E-state index < -0.39 is 4.92 Å². The lowest BCUT2D eigenvalue weighted by Gasteiger charge is -1.93. The number of hydrogen-bond donors (Lipinski definition) is 0. The summed E-state index contributed by atoms with van der Waals surface area (Å²) in [7, 11) is 0. The Morgan fingerprint density at radius 2 is 2.38 bits per heavy atom. The molecule has 0 radical (unpaired) electrons. The Bertz CT molecular complexity index is 400. The molecule has 13 heavy (non-hydrogen) atoms. The first-order chi connectivity index (χ1) is 6.15. The maximum atomic E-state index is 10.3. The third-order valence-electron chi connectivity index (χ3n) is 1.18. The number of hydrogen-bond acceptors (Lipinski definition) is 5. The summed E-state index contributed by atoms with van der Waals surface area (Å²) in [6.07, 6.45) is 2.20. The predicted octanol–water partition coefficient (Wildman–Crippen LogP) is 1.61. The average Bonchev–Trinajstić information content (AvgIpc) is 2.08. The van der Waals surface area contributed by atoms with Gasteiger partial charge in [0.05, 0.1) is 4.92 Å². The van der Waals surface area contributed by atoms with Crippen molar-refractivity contribution in [1.29, 1.82) is 0 Å². The van der Waals surface area contributed by atoms with E-state index in [1.807, 2.05) is 0 Å². The van der Waals surface area contributed by atoms with E-state index in [0.717, 1.165) is 12.3 Å². The van der Waals surface area contributed by atoms with E-state index in [1.165, 1.54) is 6.08 Å². The molecular weight excluding hydrogens is 198 g/mol. The zero-order valence-electron chi connectivity index (χ0n) is 6.10. The highest BCUT2D eigenvalue weighted by atomic mass is 35.5. The van der Waals surface area contributed by atoms with E-state index in [-0.39, 0.29) is 16.5 Å². The van der Waals surface area contributed by atoms with E-state index in [9.17, 15) is 14.9 Å². The Hall–Kier alpha value is -1.78. The molecule has 0 saturated carbocycles. The van der Waals surface area contributed by atoms with Crippen LogP contribution in [0.4, 0.5) is 11.4 Å². The number of pyridine rings is 1. The van der Waals surface area contributed by atoms with Crippen LogP contribution in [0.15, 0.2) is 17.3 Å². The molecule has 1 aromatic rings. The largest absolute Gasteiger partial charge is 0.289 e. The van der Waals surface area contributed by atoms with Gasteiger partial charge in [0.25, 0.3) is 5.69 Å². The summed E-state index contributed by atoms with van der Waals surface area (Å²) in [6, 6.07) is 1.04. The molecule has 0 atom stereocenters. The van der Waals surface area contributed by atoms with Crippen molar-refractivity contribution in [2.75, 3.05) is 0 Å². The van der Waals surface area contributed by atoms with Crippen LogP contribution in [0.5, 0.6) is 0 Å². The van der Waals surface area contributed by atoms with E-state index in [4.69, 9.17) is 11.6 Å². The highest BCUT2D eigenvalue weighted by Gasteiger charge is 2.09. The molecule has 0 bridgehead atoms. The fourth-order valence-electron chi connectivity index (χ4n) is 0.653. The molecule has 0 amide bonds. The first-order valence-electron chi connectivity index (χ1n) is 3.03. The number of aromatic nitrogens is 1. The van der Waals surface area contributed by atoms with Gasteiger partial charge in [-0.05, 0) is 0 Å². The molecular formula is C6H2ClN3O3. The average molecular weight is 200 g/mol. The molecule has 66 valence electrons. The van der Waals surface area contributed by atoms with Crippen molar-refractivity contribution in [2.45, 2.75) is 0 Å². The van der Waals surface area contributed by atoms with E-state index in [2.05, 4.69) is 9.98 Å². The Morgan fingerprint density at radius 3 is 2.92 bits per heavy atom. The summed E-state index contributed by atoms with van der Waals surface area (Å²) < 4.78 is 0. The second-order valence-corrected chi connectivity index (χ2v) is 2.32. The van der Waals surface area contributed by atoms with Gasteiger partial charge in [0.15, 0.2) is 5.15 Å². The third kappa shape index (κ3) is 2.08. The molecule has 1 heterocycles. The summed E-state index contributed by atoms with van der Waals surface area (Å²) in [5.74, 6) is 0. The van der Waals surface area contributed by atoms with Crippen molar-refractivity contribution in [3.63, 3.8) is 0 Å². The highest BCUT2D eigenvalue weighted by Crippen LogP contribution is 2.25. The predicted molar refractivity (Wildman–Crippen MR) is 43.7 cm³/mol. The second kappa shape index (κ2) is 3.75. The number of carbonyl (C=O) groups excluding carboxylic acids is 1. The summed E-state index contributed by atoms with van der Waals surface area (Å²) in [6.45, 7) is 0. The van der Waals surface area contributed by atoms with Gasteiger partial charge in [0.2, 0.25) is 6.08 Å². The van der Waals surface area contributed by atoms with Gasteiger partial charge in [-0.25, -0.2) is 9.78 Å². The normalized spacial score (nSPS) is 9.00. The summed E-state index contributed by atoms with van der Waals surface area (Å²) in [5, 5.41) is 10.2. The monoisotopic (exact) mass is 199 g/mol. The molecule has 0 unspecified atom stereocenters. The maximum Gasteiger partial charge on any atom is 0.289 e. The quantitative estimate of drug-likeness (QED) is 0.238. The van der Waals surface area contributed by atoms with Crippen molar-refractivity contribution in [1.82, 2.24) is 4.98 Å². The van der Waals surface area contributed by atoms with Gasteiger partial charge < -0.3 is 0 Å². The topological polar surface area (TPSA) is 85.5 Å². The smallest absolute Gasteiger partial charge is 0.258 e. The van der Waals surface area contributed by atoms with Gasteiger partial charge in [0.1, 0.15) is 11.9 Å². The molecule has 1 rings (SSSR count). The van der Waals surface area contributed by atoms with Gasteiger partial charge in [-0.3, -0.25) is 10.1 Å². The van der Waals surface area contributed by atoms with Crippen LogP contribution in [0.2, 0.25) is 5.15 Å². The summed E-state index contributed by atoms with van der Waals surface area (Å²) in [5.41, 5.74) is -0.343. The van der Waals surface area contributed by atoms with Gasteiger partial charge in [0, 0.05) is 6.07 Å². The third-order valence-corrected chi connectivity index (χ3v) is 1.47. The van der Waals surface area contributed by atoms with E-state index >= 15 is 0 Å². The lowest BCUT2D eigenvalue weighted by Crippen LogP contribution is -1.88. The molecule has 0 N–H and O–H groups in total. The van der Waals surface area contributed by atoms with Gasteiger partial charge in [-0.1, -0.05) is 11.6 Å². The highest BCUT2D eigenvalue weighted by molar-refractivity contribution is 6.31. The Kier molecular flexibility index (Phi) is 2.69. The molecule has 0 saturated heterocycles. The molecule has 0 fully saturated rings. The summed E-state index contributed by atoms with van der Waals surface area (Å²) in [4.78, 5) is 26.1. The van der Waals surface area contributed by atoms with E-state index in [0.29, 0.717) is 0 Å². The molecule has 0 aliphatic heterocycles. The van der Waals surface area contributed by atoms with Crippen molar-refractivity contribution in [3.8, 4) is 0 Å². The van der Waals surface area contributed by atoms with Crippen molar-refractivity contribution < 1.29 is 9.72 Å². The van der Waals surface area contributed by atoms with Gasteiger partial charge in [-0.15, -0.1) is 0 Å². The fraction of sp³-hybridized carbons (Fsp3) is 0. The van der Waals surface area contributed by atoms with Crippen LogP contribution in [0, 0.1) is 10.1 Å². The SMILES string of the molecule is O=C=Nc1cc([N+](=O)[O-])cnc1Cl. The van der Waals surface area contributed by atoms with Crippen LogP contribution >= 0.6 is 11.6 Å². The minimum Gasteiger partial charge on any atom is -0.258 e. The van der Waals surface area contributed by atoms with Crippen molar-refractivity contribution in [3.05, 3.63) is 27.5 Å². The zero-order valence-corrected chi connectivity index (χ0v) is 6.85. The molecule has 0 aliphatic rings. The number of nitrogens with zero attached hydrogens (tertiary/aromatic N) is 3. The molecule has 1 aromatic heterocycles. The Balaban J connectivity index is 3.26. The number of isocyanates is 1. The first-order valence-corrected chi connectivity index (χ1v) is 3.40. The van der Waals surface area contributed by atoms with Crippen molar-refractivity contribution >= 4 is 29.1 Å². The molecule has 0 spiro atoms. The Morgan fingerprint density at radius 1 is 1.69 bits per heavy atom. The van der Waals surface area contributed by atoms with Gasteiger partial charge in [-0.2, -0.15) is 4.99 Å². The van der Waals surface area contributed by atoms with Crippen LogP contribution < -0.4 is 0 Å². The Labute approximate surface area is 77.0 Å². The number of halogens is 1. The number of rotatable bonds is 2. The first kappa shape index (κ1) is 9.31. The number of aliphatic imine (C=N–C) groups is 1. The van der Waals surface area contributed by atoms with Crippen LogP contribution in [0.3, 0.4) is 0 Å². The number of nitro groups is 1. The minimum atomic E-state index is -0.660. The molecule has 0 aromatic carbocycles. The maximum absolute atomic E-state index is 10.3. The van der Waals surface area contributed by atoms with Crippen LogP contribution in [0.1, 0.15) is 0 Å². The molecule has 7 heteroatoms. The van der Waals surface area contributed by atoms with E-state index in [1.54, 1.807) is 0 Å². The van der Waals surface area contributed by atoms with Gasteiger partial charge >= 0.3 is 0 Å². The zero-order chi connectivity index (χ0) is 9.84. The second-order valence-electron chi connectivity index (χ2n) is 1.96. The lowest BCUT2D eigenvalue weighted by molar-refractivity contribution is -0.385. The standard InChI is InChI=1S/C6H2ClN3O3/c7-6-5(9-3-11)1-4(2-8-6)10(12)13/h1-2H. The fourth-order valence-corrected chi connectivity index (χ4v) is 0.799. The summed E-state index contributed by atoms with van der Waals surface area (Å²) >= 11 is 5.47.